The minimum absolute atomic E-state index is 0.192. The summed E-state index contributed by atoms with van der Waals surface area (Å²) in [6, 6.07) is 3.11. The van der Waals surface area contributed by atoms with Crippen molar-refractivity contribution >= 4 is 38.7 Å². The summed E-state index contributed by atoms with van der Waals surface area (Å²) < 4.78 is 42.4. The van der Waals surface area contributed by atoms with E-state index >= 15 is 0 Å². The third kappa shape index (κ3) is 2.96. The van der Waals surface area contributed by atoms with Gasteiger partial charge in [0.25, 0.3) is 5.56 Å². The number of aryl methyl sites for hydroxylation is 2. The van der Waals surface area contributed by atoms with Crippen molar-refractivity contribution in [1.29, 1.82) is 0 Å². The van der Waals surface area contributed by atoms with Gasteiger partial charge in [-0.3, -0.25) is 13.9 Å². The van der Waals surface area contributed by atoms with Crippen molar-refractivity contribution in [2.24, 2.45) is 14.1 Å². The molecule has 0 saturated carbocycles. The monoisotopic (exact) mass is 450 g/mol. The van der Waals surface area contributed by atoms with Gasteiger partial charge in [0.15, 0.2) is 15.9 Å². The van der Waals surface area contributed by atoms with E-state index in [4.69, 9.17) is 11.6 Å². The van der Waals surface area contributed by atoms with Crippen molar-refractivity contribution in [1.82, 2.24) is 18.7 Å². The number of hydrogen-bond donors (Lipinski definition) is 0. The van der Waals surface area contributed by atoms with Crippen molar-refractivity contribution in [2.75, 3.05) is 0 Å². The smallest absolute Gasteiger partial charge is 0.316 e. The Balaban J connectivity index is 2.16. The Labute approximate surface area is 157 Å². The maximum absolute atomic E-state index is 12.8. The Morgan fingerprint density at radius 1 is 1.19 bits per heavy atom. The molecule has 26 heavy (non-hydrogen) atoms. The number of fused-ring (bicyclic) bond motifs is 1. The van der Waals surface area contributed by atoms with Crippen LogP contribution in [0.5, 0.6) is 0 Å². The molecule has 3 aromatic rings. The summed E-state index contributed by atoms with van der Waals surface area (Å²) in [6.07, 6.45) is -4.58. The molecule has 0 aliphatic heterocycles. The molecule has 0 radical (unpaired) electrons. The predicted molar refractivity (Wildman–Crippen MR) is 93.5 cm³/mol. The second-order valence-electron chi connectivity index (χ2n) is 5.66. The van der Waals surface area contributed by atoms with Crippen molar-refractivity contribution in [3.8, 4) is 0 Å². The number of rotatable bonds is 2. The first kappa shape index (κ1) is 18.7. The summed E-state index contributed by atoms with van der Waals surface area (Å²) in [5.41, 5.74) is -1.52. The standard InChI is InChI=1S/C15H11BrClF3N4O2/c1-22-10-11(21-13(22)16)23(2)14(26)24(12(10)25)6-7-3-4-8(9(17)5-7)15(18,19)20/h3-5H,6H2,1-2H3. The molecule has 2 heterocycles. The molecule has 0 atom stereocenters. The minimum Gasteiger partial charge on any atom is -0.316 e. The normalized spacial score (nSPS) is 12.1. The number of imidazole rings is 1. The molecular formula is C15H11BrClF3N4O2. The quantitative estimate of drug-likeness (QED) is 0.563. The first-order valence-electron chi connectivity index (χ1n) is 7.19. The molecule has 2 aromatic heterocycles. The molecule has 0 aliphatic rings. The Morgan fingerprint density at radius 3 is 2.42 bits per heavy atom. The topological polar surface area (TPSA) is 61.8 Å². The molecular weight excluding hydrogens is 441 g/mol. The van der Waals surface area contributed by atoms with Gasteiger partial charge < -0.3 is 4.57 Å². The number of aromatic nitrogens is 4. The highest BCUT2D eigenvalue weighted by molar-refractivity contribution is 9.10. The lowest BCUT2D eigenvalue weighted by Crippen LogP contribution is -2.39. The van der Waals surface area contributed by atoms with Gasteiger partial charge in [0.1, 0.15) is 0 Å². The highest BCUT2D eigenvalue weighted by Crippen LogP contribution is 2.34. The Kier molecular flexibility index (Phi) is 4.51. The fourth-order valence-electron chi connectivity index (χ4n) is 2.63. The van der Waals surface area contributed by atoms with E-state index in [9.17, 15) is 22.8 Å². The predicted octanol–water partition coefficient (Wildman–Crippen LogP) is 2.92. The zero-order valence-corrected chi connectivity index (χ0v) is 15.8. The van der Waals surface area contributed by atoms with Crippen LogP contribution in [-0.2, 0) is 26.8 Å². The van der Waals surface area contributed by atoms with E-state index in [1.165, 1.54) is 22.2 Å². The van der Waals surface area contributed by atoms with E-state index in [0.717, 1.165) is 16.7 Å². The van der Waals surface area contributed by atoms with Crippen LogP contribution in [-0.4, -0.2) is 18.7 Å². The average Bonchev–Trinajstić information content (AvgIpc) is 2.84. The molecule has 0 bridgehead atoms. The lowest BCUT2D eigenvalue weighted by atomic mass is 10.1. The van der Waals surface area contributed by atoms with Crippen LogP contribution in [0, 0.1) is 0 Å². The van der Waals surface area contributed by atoms with Crippen LogP contribution in [0.4, 0.5) is 13.2 Å². The zero-order chi connectivity index (χ0) is 19.4. The van der Waals surface area contributed by atoms with Crippen molar-refractivity contribution in [3.63, 3.8) is 0 Å². The summed E-state index contributed by atoms with van der Waals surface area (Å²) in [4.78, 5) is 29.3. The number of benzene rings is 1. The van der Waals surface area contributed by atoms with E-state index < -0.39 is 28.0 Å². The van der Waals surface area contributed by atoms with Gasteiger partial charge in [0, 0.05) is 14.1 Å². The highest BCUT2D eigenvalue weighted by atomic mass is 79.9. The van der Waals surface area contributed by atoms with Crippen molar-refractivity contribution in [2.45, 2.75) is 12.7 Å². The lowest BCUT2D eigenvalue weighted by molar-refractivity contribution is -0.137. The van der Waals surface area contributed by atoms with E-state index in [1.807, 2.05) is 0 Å². The SMILES string of the molecule is Cn1c(Br)nc2c1c(=O)n(Cc1ccc(C(F)(F)F)c(Cl)c1)c(=O)n2C. The summed E-state index contributed by atoms with van der Waals surface area (Å²) >= 11 is 8.90. The van der Waals surface area contributed by atoms with Gasteiger partial charge in [0.2, 0.25) is 0 Å². The zero-order valence-electron chi connectivity index (χ0n) is 13.4. The van der Waals surface area contributed by atoms with Gasteiger partial charge in [-0.2, -0.15) is 13.2 Å². The molecule has 11 heteroatoms. The summed E-state index contributed by atoms with van der Waals surface area (Å²) in [5.74, 6) is 0. The van der Waals surface area contributed by atoms with Crippen LogP contribution < -0.4 is 11.2 Å². The largest absolute Gasteiger partial charge is 0.417 e. The van der Waals surface area contributed by atoms with Gasteiger partial charge in [-0.1, -0.05) is 17.7 Å². The van der Waals surface area contributed by atoms with Gasteiger partial charge >= 0.3 is 11.9 Å². The second kappa shape index (κ2) is 6.27. The number of halogens is 5. The highest BCUT2D eigenvalue weighted by Gasteiger charge is 2.33. The Morgan fingerprint density at radius 2 is 1.85 bits per heavy atom. The summed E-state index contributed by atoms with van der Waals surface area (Å²) in [6.45, 7) is -0.220. The molecule has 0 spiro atoms. The van der Waals surface area contributed by atoms with Crippen molar-refractivity contribution in [3.05, 3.63) is 59.9 Å². The van der Waals surface area contributed by atoms with Crippen LogP contribution in [0.15, 0.2) is 32.5 Å². The second-order valence-corrected chi connectivity index (χ2v) is 6.77. The van der Waals surface area contributed by atoms with E-state index in [-0.39, 0.29) is 17.7 Å². The first-order valence-corrected chi connectivity index (χ1v) is 8.37. The fourth-order valence-corrected chi connectivity index (χ4v) is 3.28. The van der Waals surface area contributed by atoms with Crippen LogP contribution >= 0.6 is 27.5 Å². The Bertz CT molecular complexity index is 1150. The Hall–Kier alpha value is -2.07. The van der Waals surface area contributed by atoms with Crippen LogP contribution in [0.25, 0.3) is 11.2 Å². The van der Waals surface area contributed by atoms with Crippen LogP contribution in [0.2, 0.25) is 5.02 Å². The number of hydrogen-bond acceptors (Lipinski definition) is 3. The third-order valence-electron chi connectivity index (χ3n) is 3.98. The number of alkyl halides is 3. The average molecular weight is 452 g/mol. The van der Waals surface area contributed by atoms with Crippen molar-refractivity contribution < 1.29 is 13.2 Å². The molecule has 0 unspecified atom stereocenters. The first-order chi connectivity index (χ1) is 12.0. The van der Waals surface area contributed by atoms with E-state index in [0.29, 0.717) is 10.3 Å². The minimum atomic E-state index is -4.58. The van der Waals surface area contributed by atoms with Gasteiger partial charge in [0.05, 0.1) is 17.1 Å². The van der Waals surface area contributed by atoms with E-state index in [2.05, 4.69) is 20.9 Å². The van der Waals surface area contributed by atoms with Crippen LogP contribution in [0.1, 0.15) is 11.1 Å². The number of nitrogens with zero attached hydrogens (tertiary/aromatic N) is 4. The van der Waals surface area contributed by atoms with Gasteiger partial charge in [-0.05, 0) is 33.6 Å². The van der Waals surface area contributed by atoms with E-state index in [1.54, 1.807) is 7.05 Å². The van der Waals surface area contributed by atoms with Gasteiger partial charge in [-0.15, -0.1) is 0 Å². The molecule has 3 rings (SSSR count). The molecule has 0 saturated heterocycles. The molecule has 0 aliphatic carbocycles. The molecule has 138 valence electrons. The maximum atomic E-state index is 12.8. The van der Waals surface area contributed by atoms with Gasteiger partial charge in [-0.25, -0.2) is 9.78 Å². The molecule has 0 amide bonds. The molecule has 0 N–H and O–H groups in total. The molecule has 6 nitrogen and oxygen atoms in total. The third-order valence-corrected chi connectivity index (χ3v) is 5.01. The fraction of sp³-hybridized carbons (Fsp3) is 0.267. The lowest BCUT2D eigenvalue weighted by Gasteiger charge is -2.12. The molecule has 1 aromatic carbocycles. The molecule has 0 fully saturated rings. The maximum Gasteiger partial charge on any atom is 0.417 e. The van der Waals surface area contributed by atoms with Crippen LogP contribution in [0.3, 0.4) is 0 Å². The summed E-state index contributed by atoms with van der Waals surface area (Å²) in [5, 5.41) is -0.496. The summed E-state index contributed by atoms with van der Waals surface area (Å²) in [7, 11) is 3.06.